The lowest BCUT2D eigenvalue weighted by molar-refractivity contribution is 0.389. The minimum atomic E-state index is 0.292. The van der Waals surface area contributed by atoms with Crippen LogP contribution in [0.1, 0.15) is 46.5 Å². The molecule has 1 saturated carbocycles. The molecule has 2 aliphatic rings. The Labute approximate surface area is 97.3 Å². The highest BCUT2D eigenvalue weighted by atomic mass is 32.2. The smallest absolute Gasteiger partial charge is 0.157 e. The number of hydrogen-bond donors (Lipinski definition) is 1. The molecule has 1 N–H and O–H groups in total. The molecule has 15 heavy (non-hydrogen) atoms. The topological polar surface area (TPSA) is 24.4 Å². The number of nitrogens with one attached hydrogen (secondary N) is 1. The Morgan fingerprint density at radius 3 is 2.93 bits per heavy atom. The predicted molar refractivity (Wildman–Crippen MR) is 68.5 cm³/mol. The van der Waals surface area contributed by atoms with Crippen LogP contribution in [0.5, 0.6) is 0 Å². The number of rotatable bonds is 3. The zero-order valence-electron chi connectivity index (χ0n) is 10.0. The molecule has 0 aromatic carbocycles. The monoisotopic (exact) mass is 226 g/mol. The van der Waals surface area contributed by atoms with Crippen molar-refractivity contribution in [3.8, 4) is 0 Å². The first kappa shape index (κ1) is 11.3. The molecule has 0 amide bonds. The van der Waals surface area contributed by atoms with Crippen molar-refractivity contribution < 1.29 is 0 Å². The summed E-state index contributed by atoms with van der Waals surface area (Å²) in [5.41, 5.74) is 0.292. The second-order valence-corrected chi connectivity index (χ2v) is 6.13. The summed E-state index contributed by atoms with van der Waals surface area (Å²) in [4.78, 5) is 4.81. The molecule has 0 radical (unpaired) electrons. The van der Waals surface area contributed by atoms with Gasteiger partial charge in [-0.3, -0.25) is 4.99 Å². The zero-order chi connectivity index (χ0) is 10.9. The van der Waals surface area contributed by atoms with Crippen molar-refractivity contribution >= 4 is 16.9 Å². The van der Waals surface area contributed by atoms with Gasteiger partial charge in [0.1, 0.15) is 0 Å². The van der Waals surface area contributed by atoms with Gasteiger partial charge in [0.25, 0.3) is 0 Å². The molecule has 3 atom stereocenters. The highest BCUT2D eigenvalue weighted by molar-refractivity contribution is 8.13. The van der Waals surface area contributed by atoms with Crippen LogP contribution < -0.4 is 5.32 Å². The molecule has 2 rings (SSSR count). The molecule has 1 aliphatic heterocycles. The Balaban J connectivity index is 1.93. The van der Waals surface area contributed by atoms with Gasteiger partial charge in [0.05, 0.1) is 6.04 Å². The van der Waals surface area contributed by atoms with Crippen molar-refractivity contribution in [1.82, 2.24) is 5.32 Å². The largest absolute Gasteiger partial charge is 0.360 e. The first-order valence-corrected chi connectivity index (χ1v) is 7.14. The molecule has 1 aliphatic carbocycles. The Bertz CT molecular complexity index is 264. The van der Waals surface area contributed by atoms with Crippen molar-refractivity contribution in [1.29, 1.82) is 0 Å². The van der Waals surface area contributed by atoms with E-state index in [1.54, 1.807) is 0 Å². The predicted octanol–water partition coefficient (Wildman–Crippen LogP) is 3.04. The van der Waals surface area contributed by atoms with Crippen molar-refractivity contribution in [3.63, 3.8) is 0 Å². The summed E-state index contributed by atoms with van der Waals surface area (Å²) in [6.45, 7) is 6.83. The molecule has 3 unspecified atom stereocenters. The summed E-state index contributed by atoms with van der Waals surface area (Å²) >= 11 is 1.90. The fourth-order valence-corrected chi connectivity index (χ4v) is 3.32. The Morgan fingerprint density at radius 1 is 1.53 bits per heavy atom. The van der Waals surface area contributed by atoms with E-state index in [4.69, 9.17) is 4.99 Å². The van der Waals surface area contributed by atoms with Crippen LogP contribution in [0.4, 0.5) is 0 Å². The third-order valence-electron chi connectivity index (χ3n) is 3.77. The van der Waals surface area contributed by atoms with Crippen LogP contribution in [0.25, 0.3) is 0 Å². The van der Waals surface area contributed by atoms with Crippen molar-refractivity contribution in [2.75, 3.05) is 5.75 Å². The van der Waals surface area contributed by atoms with Crippen molar-refractivity contribution in [2.45, 2.75) is 58.0 Å². The maximum Gasteiger partial charge on any atom is 0.157 e. The van der Waals surface area contributed by atoms with E-state index in [0.717, 1.165) is 5.92 Å². The maximum atomic E-state index is 4.81. The molecule has 3 heteroatoms. The van der Waals surface area contributed by atoms with E-state index in [-0.39, 0.29) is 0 Å². The van der Waals surface area contributed by atoms with Crippen LogP contribution in [0.3, 0.4) is 0 Å². The van der Waals surface area contributed by atoms with E-state index in [0.29, 0.717) is 11.6 Å². The first-order valence-electron chi connectivity index (χ1n) is 6.15. The second-order valence-electron chi connectivity index (χ2n) is 5.04. The van der Waals surface area contributed by atoms with Crippen LogP contribution in [0.2, 0.25) is 0 Å². The molecule has 1 heterocycles. The Morgan fingerprint density at radius 2 is 2.33 bits per heavy atom. The van der Waals surface area contributed by atoms with Crippen LogP contribution >= 0.6 is 11.8 Å². The molecule has 0 aromatic rings. The highest BCUT2D eigenvalue weighted by Crippen LogP contribution is 2.37. The van der Waals surface area contributed by atoms with E-state index in [1.165, 1.54) is 36.6 Å². The molecule has 0 bridgehead atoms. The fourth-order valence-electron chi connectivity index (χ4n) is 2.04. The van der Waals surface area contributed by atoms with Crippen LogP contribution in [0, 0.1) is 5.92 Å². The lowest BCUT2D eigenvalue weighted by Gasteiger charge is -2.35. The van der Waals surface area contributed by atoms with Gasteiger partial charge in [-0.1, -0.05) is 32.0 Å². The van der Waals surface area contributed by atoms with E-state index >= 15 is 0 Å². The minimum Gasteiger partial charge on any atom is -0.360 e. The van der Waals surface area contributed by atoms with Crippen LogP contribution in [0.15, 0.2) is 4.99 Å². The standard InChI is InChI=1S/C12H22N2S/c1-4-9-8-10(9)13-11-14-12(3,5-2)6-7-15-11/h9-10H,4-8H2,1-3H3,(H,13,14). The van der Waals surface area contributed by atoms with Crippen LogP contribution in [-0.2, 0) is 0 Å². The van der Waals surface area contributed by atoms with E-state index < -0.39 is 0 Å². The number of nitrogens with zero attached hydrogens (tertiary/aromatic N) is 1. The SMILES string of the molecule is CCC1CC1N=C1NC(C)(CC)CCS1. The quantitative estimate of drug-likeness (QED) is 0.800. The summed E-state index contributed by atoms with van der Waals surface area (Å²) in [7, 11) is 0. The molecule has 2 nitrogen and oxygen atoms in total. The van der Waals surface area contributed by atoms with Gasteiger partial charge in [0, 0.05) is 11.3 Å². The average Bonchev–Trinajstić information content (AvgIpc) is 2.97. The number of aliphatic imine (C=N–C) groups is 1. The zero-order valence-corrected chi connectivity index (χ0v) is 10.9. The van der Waals surface area contributed by atoms with Gasteiger partial charge in [0.15, 0.2) is 5.17 Å². The van der Waals surface area contributed by atoms with Crippen LogP contribution in [-0.4, -0.2) is 22.5 Å². The average molecular weight is 226 g/mol. The molecular weight excluding hydrogens is 204 g/mol. The second kappa shape index (κ2) is 4.36. The molecule has 1 saturated heterocycles. The molecule has 86 valence electrons. The molecule has 0 spiro atoms. The summed E-state index contributed by atoms with van der Waals surface area (Å²) in [5.74, 6) is 2.09. The van der Waals surface area contributed by atoms with E-state index in [1.807, 2.05) is 11.8 Å². The highest BCUT2D eigenvalue weighted by Gasteiger charge is 2.36. The minimum absolute atomic E-state index is 0.292. The third kappa shape index (κ3) is 2.68. The summed E-state index contributed by atoms with van der Waals surface area (Å²) in [5, 5.41) is 4.81. The van der Waals surface area contributed by atoms with E-state index in [2.05, 4.69) is 26.1 Å². The lowest BCUT2D eigenvalue weighted by atomic mass is 9.96. The number of thioether (sulfide) groups is 1. The Kier molecular flexibility index (Phi) is 3.29. The first-order chi connectivity index (χ1) is 7.17. The van der Waals surface area contributed by atoms with Gasteiger partial charge in [-0.2, -0.15) is 0 Å². The Hall–Kier alpha value is -0.180. The molecular formula is C12H22N2S. The summed E-state index contributed by atoms with van der Waals surface area (Å²) in [6.07, 6.45) is 5.05. The molecule has 0 aromatic heterocycles. The lowest BCUT2D eigenvalue weighted by Crippen LogP contribution is -2.48. The maximum absolute atomic E-state index is 4.81. The summed E-state index contributed by atoms with van der Waals surface area (Å²) < 4.78 is 0. The number of hydrogen-bond acceptors (Lipinski definition) is 2. The number of amidine groups is 1. The fraction of sp³-hybridized carbons (Fsp3) is 0.917. The van der Waals surface area contributed by atoms with Gasteiger partial charge in [0.2, 0.25) is 0 Å². The van der Waals surface area contributed by atoms with Gasteiger partial charge in [-0.25, -0.2) is 0 Å². The van der Waals surface area contributed by atoms with E-state index in [9.17, 15) is 0 Å². The van der Waals surface area contributed by atoms with Gasteiger partial charge < -0.3 is 5.32 Å². The third-order valence-corrected chi connectivity index (χ3v) is 4.66. The normalized spacial score (nSPS) is 42.7. The van der Waals surface area contributed by atoms with Gasteiger partial charge in [-0.05, 0) is 32.1 Å². The van der Waals surface area contributed by atoms with Gasteiger partial charge >= 0.3 is 0 Å². The summed E-state index contributed by atoms with van der Waals surface area (Å²) in [6, 6.07) is 0.629. The van der Waals surface area contributed by atoms with Crippen molar-refractivity contribution in [3.05, 3.63) is 0 Å². The van der Waals surface area contributed by atoms with Crippen molar-refractivity contribution in [2.24, 2.45) is 10.9 Å². The molecule has 2 fully saturated rings. The van der Waals surface area contributed by atoms with Gasteiger partial charge in [-0.15, -0.1) is 0 Å².